The van der Waals surface area contributed by atoms with Crippen LogP contribution in [0.1, 0.15) is 39.5 Å². The van der Waals surface area contributed by atoms with Gasteiger partial charge in [0.1, 0.15) is 0 Å². The molecular weight excluding hydrogens is 262 g/mol. The molecule has 0 bridgehead atoms. The first-order chi connectivity index (χ1) is 9.09. The number of rotatable bonds is 7. The molecule has 0 aromatic heterocycles. The monoisotopic (exact) mass is 289 g/mol. The summed E-state index contributed by atoms with van der Waals surface area (Å²) in [5.74, 6) is 0.627. The van der Waals surface area contributed by atoms with Gasteiger partial charge in [-0.05, 0) is 44.7 Å². The van der Waals surface area contributed by atoms with Crippen LogP contribution < -0.4 is 5.32 Å². The summed E-state index contributed by atoms with van der Waals surface area (Å²) < 4.78 is 28.5. The van der Waals surface area contributed by atoms with Gasteiger partial charge in [0.2, 0.25) is 0 Å². The van der Waals surface area contributed by atoms with E-state index in [0.29, 0.717) is 25.6 Å². The molecule has 0 radical (unpaired) electrons. The first-order valence-electron chi connectivity index (χ1n) is 7.57. The maximum absolute atomic E-state index is 12.6. The van der Waals surface area contributed by atoms with Gasteiger partial charge in [0, 0.05) is 25.7 Å². The van der Waals surface area contributed by atoms with Crippen LogP contribution in [-0.4, -0.2) is 55.8 Å². The lowest BCUT2D eigenvalue weighted by Crippen LogP contribution is -2.48. The van der Waals surface area contributed by atoms with E-state index in [9.17, 15) is 8.42 Å². The largest absolute Gasteiger partial charge is 0.317 e. The van der Waals surface area contributed by atoms with Crippen LogP contribution in [0.5, 0.6) is 0 Å². The average Bonchev–Trinajstić information content (AvgIpc) is 3.22. The van der Waals surface area contributed by atoms with Crippen molar-refractivity contribution in [2.24, 2.45) is 5.92 Å². The van der Waals surface area contributed by atoms with Crippen molar-refractivity contribution in [1.29, 1.82) is 0 Å². The second kappa shape index (κ2) is 6.52. The Morgan fingerprint density at radius 2 is 1.79 bits per heavy atom. The summed E-state index contributed by atoms with van der Waals surface area (Å²) in [6.07, 6.45) is 4.02. The first-order valence-corrected chi connectivity index (χ1v) is 8.96. The van der Waals surface area contributed by atoms with Crippen molar-refractivity contribution in [3.63, 3.8) is 0 Å². The first kappa shape index (κ1) is 15.2. The fraction of sp³-hybridized carbons (Fsp3) is 1.00. The quantitative estimate of drug-likeness (QED) is 0.762. The predicted octanol–water partition coefficient (Wildman–Crippen LogP) is 1.04. The third-order valence-electron chi connectivity index (χ3n) is 4.14. The Bertz CT molecular complexity index is 373. The third kappa shape index (κ3) is 3.68. The summed E-state index contributed by atoms with van der Waals surface area (Å²) in [6.45, 7) is 8.02. The highest BCUT2D eigenvalue weighted by molar-refractivity contribution is 7.86. The summed E-state index contributed by atoms with van der Waals surface area (Å²) in [4.78, 5) is 0. The molecular formula is C13H27N3O2S. The maximum Gasteiger partial charge on any atom is 0.282 e. The molecule has 0 aromatic rings. The molecule has 2 fully saturated rings. The molecule has 1 N–H and O–H groups in total. The second-order valence-corrected chi connectivity index (χ2v) is 7.47. The Labute approximate surface area is 117 Å². The van der Waals surface area contributed by atoms with Gasteiger partial charge in [-0.15, -0.1) is 0 Å². The molecule has 0 amide bonds. The Morgan fingerprint density at radius 1 is 1.16 bits per heavy atom. The van der Waals surface area contributed by atoms with E-state index >= 15 is 0 Å². The summed E-state index contributed by atoms with van der Waals surface area (Å²) in [5.41, 5.74) is 0. The van der Waals surface area contributed by atoms with E-state index in [1.807, 2.05) is 6.92 Å². The summed E-state index contributed by atoms with van der Waals surface area (Å²) in [5, 5.41) is 3.36. The van der Waals surface area contributed by atoms with Gasteiger partial charge in [-0.25, -0.2) is 0 Å². The van der Waals surface area contributed by atoms with Gasteiger partial charge < -0.3 is 5.32 Å². The summed E-state index contributed by atoms with van der Waals surface area (Å²) in [7, 11) is -3.21. The third-order valence-corrected chi connectivity index (χ3v) is 6.31. The van der Waals surface area contributed by atoms with E-state index in [1.54, 1.807) is 8.61 Å². The molecule has 1 saturated heterocycles. The molecule has 0 atom stereocenters. The van der Waals surface area contributed by atoms with E-state index in [-0.39, 0.29) is 6.04 Å². The molecule has 2 rings (SSSR count). The highest BCUT2D eigenvalue weighted by Gasteiger charge is 2.40. The van der Waals surface area contributed by atoms with Crippen molar-refractivity contribution in [2.75, 3.05) is 32.7 Å². The molecule has 1 heterocycles. The van der Waals surface area contributed by atoms with Crippen LogP contribution >= 0.6 is 0 Å². The number of nitrogens with one attached hydrogen (secondary N) is 1. The molecule has 0 unspecified atom stereocenters. The predicted molar refractivity (Wildman–Crippen MR) is 77.2 cm³/mol. The minimum absolute atomic E-state index is 0.273. The summed E-state index contributed by atoms with van der Waals surface area (Å²) in [6, 6.07) is 0.273. The number of hydrogen-bond donors (Lipinski definition) is 1. The van der Waals surface area contributed by atoms with Gasteiger partial charge in [-0.1, -0.05) is 13.8 Å². The molecule has 0 aromatic carbocycles. The Hall–Kier alpha value is -0.170. The van der Waals surface area contributed by atoms with Gasteiger partial charge in [-0.2, -0.15) is 17.0 Å². The van der Waals surface area contributed by atoms with Crippen LogP contribution in [0.3, 0.4) is 0 Å². The Kier molecular flexibility index (Phi) is 5.22. The van der Waals surface area contributed by atoms with E-state index in [0.717, 1.165) is 38.8 Å². The Balaban J connectivity index is 1.89. The van der Waals surface area contributed by atoms with E-state index in [4.69, 9.17) is 0 Å². The van der Waals surface area contributed by atoms with Crippen molar-refractivity contribution >= 4 is 10.2 Å². The van der Waals surface area contributed by atoms with Crippen LogP contribution in [0.25, 0.3) is 0 Å². The molecule has 2 aliphatic rings. The fourth-order valence-corrected chi connectivity index (χ4v) is 4.70. The fourth-order valence-electron chi connectivity index (χ4n) is 2.81. The van der Waals surface area contributed by atoms with Crippen LogP contribution in [0, 0.1) is 5.92 Å². The summed E-state index contributed by atoms with van der Waals surface area (Å²) >= 11 is 0. The second-order valence-electron chi connectivity index (χ2n) is 5.59. The zero-order valence-electron chi connectivity index (χ0n) is 12.1. The molecule has 112 valence electrons. The SMILES string of the molecule is CCNCC1CCN(S(=O)(=O)N(CC)C2CC2)CC1. The normalized spacial score (nSPS) is 23.1. The van der Waals surface area contributed by atoms with Crippen molar-refractivity contribution in [2.45, 2.75) is 45.6 Å². The lowest BCUT2D eigenvalue weighted by Gasteiger charge is -2.34. The molecule has 5 nitrogen and oxygen atoms in total. The lowest BCUT2D eigenvalue weighted by atomic mass is 9.98. The molecule has 19 heavy (non-hydrogen) atoms. The van der Waals surface area contributed by atoms with Crippen LogP contribution in [0.4, 0.5) is 0 Å². The topological polar surface area (TPSA) is 52.7 Å². The molecule has 1 aliphatic carbocycles. The molecule has 0 spiro atoms. The molecule has 1 aliphatic heterocycles. The minimum atomic E-state index is -3.21. The zero-order chi connectivity index (χ0) is 13.9. The molecule has 1 saturated carbocycles. The maximum atomic E-state index is 12.6. The van der Waals surface area contributed by atoms with Gasteiger partial charge in [0.05, 0.1) is 0 Å². The minimum Gasteiger partial charge on any atom is -0.317 e. The van der Waals surface area contributed by atoms with E-state index in [2.05, 4.69) is 12.2 Å². The average molecular weight is 289 g/mol. The van der Waals surface area contributed by atoms with Crippen molar-refractivity contribution < 1.29 is 8.42 Å². The van der Waals surface area contributed by atoms with Gasteiger partial charge in [0.25, 0.3) is 10.2 Å². The van der Waals surface area contributed by atoms with Gasteiger partial charge in [0.15, 0.2) is 0 Å². The highest BCUT2D eigenvalue weighted by Crippen LogP contribution is 2.31. The van der Waals surface area contributed by atoms with Crippen LogP contribution in [0.2, 0.25) is 0 Å². The van der Waals surface area contributed by atoms with Crippen molar-refractivity contribution in [3.8, 4) is 0 Å². The van der Waals surface area contributed by atoms with E-state index in [1.165, 1.54) is 0 Å². The van der Waals surface area contributed by atoms with Gasteiger partial charge in [-0.3, -0.25) is 0 Å². The van der Waals surface area contributed by atoms with Crippen molar-refractivity contribution in [3.05, 3.63) is 0 Å². The van der Waals surface area contributed by atoms with Gasteiger partial charge >= 0.3 is 0 Å². The standard InChI is InChI=1S/C13H27N3O2S/c1-3-14-11-12-7-9-15(10-8-12)19(17,18)16(4-2)13-5-6-13/h12-14H,3-11H2,1-2H3. The van der Waals surface area contributed by atoms with Crippen LogP contribution in [-0.2, 0) is 10.2 Å². The van der Waals surface area contributed by atoms with Crippen molar-refractivity contribution in [1.82, 2.24) is 13.9 Å². The zero-order valence-corrected chi connectivity index (χ0v) is 13.0. The molecule has 6 heteroatoms. The Morgan fingerprint density at radius 3 is 2.26 bits per heavy atom. The highest BCUT2D eigenvalue weighted by atomic mass is 32.2. The smallest absolute Gasteiger partial charge is 0.282 e. The number of hydrogen-bond acceptors (Lipinski definition) is 3. The van der Waals surface area contributed by atoms with Crippen LogP contribution in [0.15, 0.2) is 0 Å². The number of nitrogens with zero attached hydrogens (tertiary/aromatic N) is 2. The number of piperidine rings is 1. The lowest BCUT2D eigenvalue weighted by molar-refractivity contribution is 0.249. The van der Waals surface area contributed by atoms with E-state index < -0.39 is 10.2 Å².